The van der Waals surface area contributed by atoms with Gasteiger partial charge in [0.1, 0.15) is 11.8 Å². The molecule has 2 unspecified atom stereocenters. The van der Waals surface area contributed by atoms with Crippen LogP contribution in [-0.4, -0.2) is 30.1 Å². The number of aliphatic hydroxyl groups excluding tert-OH is 1. The van der Waals surface area contributed by atoms with E-state index in [0.717, 1.165) is 24.0 Å². The van der Waals surface area contributed by atoms with Gasteiger partial charge in [-0.2, -0.15) is 0 Å². The van der Waals surface area contributed by atoms with Crippen LogP contribution in [0.25, 0.3) is 0 Å². The van der Waals surface area contributed by atoms with Crippen molar-refractivity contribution in [2.75, 3.05) is 7.11 Å². The third-order valence-corrected chi connectivity index (χ3v) is 6.21. The lowest BCUT2D eigenvalue weighted by atomic mass is 9.75. The predicted molar refractivity (Wildman–Crippen MR) is 136 cm³/mol. The third-order valence-electron chi connectivity index (χ3n) is 6.21. The Balaban J connectivity index is 2.38. The lowest BCUT2D eigenvalue weighted by Gasteiger charge is -2.30. The number of carbonyl (C=O) groups is 2. The Morgan fingerprint density at radius 1 is 1.32 bits per heavy atom. The summed E-state index contributed by atoms with van der Waals surface area (Å²) in [4.78, 5) is 25.8. The van der Waals surface area contributed by atoms with Gasteiger partial charge in [0.05, 0.1) is 12.7 Å². The summed E-state index contributed by atoms with van der Waals surface area (Å²) in [7, 11) is 1.28. The molecule has 0 fully saturated rings. The van der Waals surface area contributed by atoms with Crippen molar-refractivity contribution in [3.05, 3.63) is 82.7 Å². The predicted octanol–water partition coefficient (Wildman–Crippen LogP) is 5.22. The number of esters is 1. The van der Waals surface area contributed by atoms with Gasteiger partial charge in [0.25, 0.3) is 5.91 Å². The van der Waals surface area contributed by atoms with Crippen molar-refractivity contribution < 1.29 is 19.4 Å². The van der Waals surface area contributed by atoms with E-state index in [1.165, 1.54) is 18.8 Å². The van der Waals surface area contributed by atoms with Gasteiger partial charge in [-0.05, 0) is 62.7 Å². The number of ether oxygens (including phenoxy) is 1. The van der Waals surface area contributed by atoms with Crippen LogP contribution in [0.5, 0.6) is 0 Å². The summed E-state index contributed by atoms with van der Waals surface area (Å²) in [5, 5.41) is 13.9. The van der Waals surface area contributed by atoms with E-state index in [2.05, 4.69) is 30.8 Å². The van der Waals surface area contributed by atoms with E-state index >= 15 is 0 Å². The van der Waals surface area contributed by atoms with E-state index in [1.807, 2.05) is 37.3 Å². The van der Waals surface area contributed by atoms with E-state index in [-0.39, 0.29) is 36.0 Å². The fourth-order valence-corrected chi connectivity index (χ4v) is 4.45. The third kappa shape index (κ3) is 7.25. The number of allylic oxidation sites excluding steroid dienone is 5. The Hall–Kier alpha value is -3.52. The molecule has 0 saturated carbocycles. The van der Waals surface area contributed by atoms with Crippen molar-refractivity contribution in [2.45, 2.75) is 52.5 Å². The molecule has 180 valence electrons. The molecule has 1 aliphatic rings. The van der Waals surface area contributed by atoms with Crippen LogP contribution in [0, 0.1) is 24.2 Å². The number of amides is 1. The minimum atomic E-state index is -0.915. The minimum absolute atomic E-state index is 0.0217. The molecule has 0 saturated heterocycles. The van der Waals surface area contributed by atoms with Crippen molar-refractivity contribution in [1.29, 1.82) is 0 Å². The Morgan fingerprint density at radius 3 is 2.59 bits per heavy atom. The maximum atomic E-state index is 13.4. The van der Waals surface area contributed by atoms with Crippen molar-refractivity contribution in [2.24, 2.45) is 11.8 Å². The second-order valence-corrected chi connectivity index (χ2v) is 8.93. The number of aliphatic hydroxyl groups is 1. The number of hydrogen-bond donors (Lipinski definition) is 2. The van der Waals surface area contributed by atoms with E-state index in [0.29, 0.717) is 5.57 Å². The fourth-order valence-electron chi connectivity index (χ4n) is 4.45. The zero-order chi connectivity index (χ0) is 25.3. The van der Waals surface area contributed by atoms with E-state index in [1.54, 1.807) is 6.92 Å². The van der Waals surface area contributed by atoms with Gasteiger partial charge < -0.3 is 15.2 Å². The molecule has 3 atom stereocenters. The maximum absolute atomic E-state index is 13.4. The number of benzene rings is 1. The van der Waals surface area contributed by atoms with Crippen LogP contribution in [0.15, 0.2) is 77.1 Å². The van der Waals surface area contributed by atoms with E-state index in [4.69, 9.17) is 11.2 Å². The molecule has 0 heterocycles. The Kier molecular flexibility index (Phi) is 9.94. The molecule has 1 aromatic rings. The quantitative estimate of drug-likeness (QED) is 0.132. The fraction of sp³-hybridized carbons (Fsp3) is 0.379. The highest BCUT2D eigenvalue weighted by molar-refractivity contribution is 6.00. The molecule has 0 aromatic heterocycles. The zero-order valence-corrected chi connectivity index (χ0v) is 20.6. The minimum Gasteiger partial charge on any atom is -0.511 e. The largest absolute Gasteiger partial charge is 0.511 e. The van der Waals surface area contributed by atoms with Crippen LogP contribution in [-0.2, 0) is 20.7 Å². The summed E-state index contributed by atoms with van der Waals surface area (Å²) in [5.74, 6) is 1.45. The number of nitrogens with one attached hydrogen (secondary N) is 1. The van der Waals surface area contributed by atoms with Crippen LogP contribution >= 0.6 is 0 Å². The van der Waals surface area contributed by atoms with Gasteiger partial charge in [-0.3, -0.25) is 4.79 Å². The number of hydrogen-bond acceptors (Lipinski definition) is 4. The molecule has 0 bridgehead atoms. The molecule has 1 aromatic carbocycles. The van der Waals surface area contributed by atoms with Crippen LogP contribution in [0.3, 0.4) is 0 Å². The molecule has 1 aliphatic carbocycles. The van der Waals surface area contributed by atoms with Crippen molar-refractivity contribution in [3.8, 4) is 12.3 Å². The molecule has 0 spiro atoms. The summed E-state index contributed by atoms with van der Waals surface area (Å²) >= 11 is 0. The first kappa shape index (κ1) is 26.7. The molecular weight excluding hydrogens is 426 g/mol. The topological polar surface area (TPSA) is 75.6 Å². The van der Waals surface area contributed by atoms with Gasteiger partial charge in [0.2, 0.25) is 0 Å². The van der Waals surface area contributed by atoms with Crippen LogP contribution in [0.4, 0.5) is 0 Å². The summed E-state index contributed by atoms with van der Waals surface area (Å²) in [5.41, 5.74) is 3.71. The average Bonchev–Trinajstić information content (AvgIpc) is 2.79. The van der Waals surface area contributed by atoms with Gasteiger partial charge in [-0.25, -0.2) is 4.79 Å². The lowest BCUT2D eigenvalue weighted by Crippen LogP contribution is -2.44. The average molecular weight is 462 g/mol. The molecule has 5 nitrogen and oxygen atoms in total. The monoisotopic (exact) mass is 461 g/mol. The Morgan fingerprint density at radius 2 is 2.00 bits per heavy atom. The second kappa shape index (κ2) is 12.6. The maximum Gasteiger partial charge on any atom is 0.328 e. The van der Waals surface area contributed by atoms with Gasteiger partial charge in [0.15, 0.2) is 0 Å². The number of carbonyl (C=O) groups excluding carboxylic acids is 2. The highest BCUT2D eigenvalue weighted by atomic mass is 16.5. The number of terminal acetylenes is 1. The van der Waals surface area contributed by atoms with Gasteiger partial charge in [-0.1, -0.05) is 60.1 Å². The van der Waals surface area contributed by atoms with Crippen molar-refractivity contribution in [1.82, 2.24) is 5.32 Å². The molecular formula is C29H35NO4. The summed E-state index contributed by atoms with van der Waals surface area (Å²) < 4.78 is 4.91. The van der Waals surface area contributed by atoms with Gasteiger partial charge in [0, 0.05) is 12.8 Å². The first-order valence-corrected chi connectivity index (χ1v) is 11.5. The highest BCUT2D eigenvalue weighted by Gasteiger charge is 2.29. The van der Waals surface area contributed by atoms with Gasteiger partial charge >= 0.3 is 5.97 Å². The molecule has 5 heteroatoms. The second-order valence-electron chi connectivity index (χ2n) is 8.93. The first-order chi connectivity index (χ1) is 16.2. The Labute approximate surface area is 203 Å². The van der Waals surface area contributed by atoms with Crippen LogP contribution in [0.2, 0.25) is 0 Å². The summed E-state index contributed by atoms with van der Waals surface area (Å²) in [6.45, 7) is 9.86. The SMILES string of the molecule is C#C/C=C(C)\C(C(=O)N[C@@H](Cc1ccccc1)C(=O)OC)=C(\O)CC1C=C(C)CCC1C(=C)C. The van der Waals surface area contributed by atoms with E-state index in [9.17, 15) is 14.7 Å². The van der Waals surface area contributed by atoms with E-state index < -0.39 is 17.9 Å². The smallest absolute Gasteiger partial charge is 0.328 e. The summed E-state index contributed by atoms with van der Waals surface area (Å²) in [6.07, 6.45) is 11.5. The van der Waals surface area contributed by atoms with Crippen LogP contribution < -0.4 is 5.32 Å². The van der Waals surface area contributed by atoms with Crippen LogP contribution in [0.1, 0.15) is 45.6 Å². The van der Waals surface area contributed by atoms with Gasteiger partial charge in [-0.15, -0.1) is 6.42 Å². The molecule has 0 aliphatic heterocycles. The number of methoxy groups -OCH3 is 1. The molecule has 0 radical (unpaired) electrons. The Bertz CT molecular complexity index is 1040. The number of rotatable bonds is 9. The normalized spacial score (nSPS) is 19.7. The molecule has 1 amide bonds. The standard InChI is InChI=1S/C29H35NO4/c1-7-11-21(5)27(26(31)18-23-16-20(4)14-15-24(23)19(2)3)28(32)30-25(29(33)34-6)17-22-12-9-8-10-13-22/h1,8-13,16,23-25,31H,2,14-15,17-18H2,3-6H3,(H,30,32)/b21-11-,27-26-/t23?,24?,25-/m0/s1. The molecule has 2 rings (SSSR count). The molecule has 34 heavy (non-hydrogen) atoms. The zero-order valence-electron chi connectivity index (χ0n) is 20.6. The summed E-state index contributed by atoms with van der Waals surface area (Å²) in [6, 6.07) is 8.42. The first-order valence-electron chi connectivity index (χ1n) is 11.5. The highest BCUT2D eigenvalue weighted by Crippen LogP contribution is 2.37. The van der Waals surface area contributed by atoms with Crippen molar-refractivity contribution in [3.63, 3.8) is 0 Å². The van der Waals surface area contributed by atoms with Crippen molar-refractivity contribution >= 4 is 11.9 Å². The lowest BCUT2D eigenvalue weighted by molar-refractivity contribution is -0.144. The molecule has 2 N–H and O–H groups in total.